The van der Waals surface area contributed by atoms with Crippen molar-refractivity contribution in [1.29, 1.82) is 0 Å². The molecule has 0 saturated heterocycles. The van der Waals surface area contributed by atoms with Crippen LogP contribution in [0.2, 0.25) is 0 Å². The first-order chi connectivity index (χ1) is 8.86. The van der Waals surface area contributed by atoms with E-state index in [4.69, 9.17) is 0 Å². The van der Waals surface area contributed by atoms with Crippen LogP contribution in [0.3, 0.4) is 0 Å². The molecule has 1 aromatic rings. The second-order valence-corrected chi connectivity index (χ2v) is 6.30. The van der Waals surface area contributed by atoms with Crippen molar-refractivity contribution in [2.24, 2.45) is 5.92 Å². The minimum atomic E-state index is -0.902. The van der Waals surface area contributed by atoms with Crippen LogP contribution in [0.1, 0.15) is 38.1 Å². The minimum Gasteiger partial charge on any atom is -0.388 e. The summed E-state index contributed by atoms with van der Waals surface area (Å²) in [6, 6.07) is 3.59. The molecule has 0 spiro atoms. The fraction of sp³-hybridized carbons (Fsp3) is 0.571. The van der Waals surface area contributed by atoms with Crippen molar-refractivity contribution >= 4 is 17.7 Å². The molecular formula is C14H22N2O2S. The van der Waals surface area contributed by atoms with Crippen LogP contribution >= 0.6 is 11.8 Å². The first-order valence-corrected chi connectivity index (χ1v) is 7.44. The zero-order valence-electron chi connectivity index (χ0n) is 11.9. The standard InChI is InChI=1S/C14H22N2O2S/c1-5-19-12-7-6-11(8-15-12)13(17)16-9-14(4,18)10(2)3/h6-8,10,18H,5,9H2,1-4H3,(H,16,17). The zero-order valence-corrected chi connectivity index (χ0v) is 12.8. The summed E-state index contributed by atoms with van der Waals surface area (Å²) < 4.78 is 0. The van der Waals surface area contributed by atoms with Gasteiger partial charge in [-0.2, -0.15) is 0 Å². The van der Waals surface area contributed by atoms with Gasteiger partial charge in [0.1, 0.15) is 0 Å². The molecule has 0 aliphatic heterocycles. The molecule has 1 rings (SSSR count). The molecule has 1 atom stereocenters. The van der Waals surface area contributed by atoms with E-state index in [0.717, 1.165) is 10.8 Å². The van der Waals surface area contributed by atoms with Crippen molar-refractivity contribution in [2.75, 3.05) is 12.3 Å². The first kappa shape index (κ1) is 16.0. The fourth-order valence-electron chi connectivity index (χ4n) is 1.31. The Balaban J connectivity index is 2.59. The van der Waals surface area contributed by atoms with Crippen molar-refractivity contribution in [3.63, 3.8) is 0 Å². The molecule has 0 bridgehead atoms. The molecule has 4 nitrogen and oxygen atoms in total. The van der Waals surface area contributed by atoms with Crippen molar-refractivity contribution in [1.82, 2.24) is 10.3 Å². The number of rotatable bonds is 6. The van der Waals surface area contributed by atoms with Crippen LogP contribution in [0.5, 0.6) is 0 Å². The van der Waals surface area contributed by atoms with Gasteiger partial charge < -0.3 is 10.4 Å². The zero-order chi connectivity index (χ0) is 14.5. The number of hydrogen-bond donors (Lipinski definition) is 2. The number of nitrogens with zero attached hydrogens (tertiary/aromatic N) is 1. The van der Waals surface area contributed by atoms with E-state index in [9.17, 15) is 9.90 Å². The van der Waals surface area contributed by atoms with Gasteiger partial charge in [0, 0.05) is 12.7 Å². The number of hydrogen-bond acceptors (Lipinski definition) is 4. The second kappa shape index (κ2) is 6.91. The SMILES string of the molecule is CCSc1ccc(C(=O)NCC(C)(O)C(C)C)cn1. The average Bonchev–Trinajstić information content (AvgIpc) is 2.37. The van der Waals surface area contributed by atoms with E-state index in [2.05, 4.69) is 17.2 Å². The van der Waals surface area contributed by atoms with E-state index < -0.39 is 5.60 Å². The predicted molar refractivity (Wildman–Crippen MR) is 78.4 cm³/mol. The maximum Gasteiger partial charge on any atom is 0.252 e. The topological polar surface area (TPSA) is 62.2 Å². The molecule has 2 N–H and O–H groups in total. The number of amides is 1. The highest BCUT2D eigenvalue weighted by Crippen LogP contribution is 2.16. The molecule has 0 fully saturated rings. The minimum absolute atomic E-state index is 0.0780. The molecule has 106 valence electrons. The Kier molecular flexibility index (Phi) is 5.82. The van der Waals surface area contributed by atoms with Gasteiger partial charge in [-0.05, 0) is 30.7 Å². The average molecular weight is 282 g/mol. The Hall–Kier alpha value is -1.07. The molecule has 0 aliphatic rings. The molecule has 19 heavy (non-hydrogen) atoms. The lowest BCUT2D eigenvalue weighted by atomic mass is 9.92. The van der Waals surface area contributed by atoms with Crippen LogP contribution in [0.4, 0.5) is 0 Å². The molecule has 1 amide bonds. The molecule has 0 aliphatic carbocycles. The Bertz CT molecular complexity index is 416. The van der Waals surface area contributed by atoms with Crippen molar-refractivity contribution < 1.29 is 9.90 Å². The lowest BCUT2D eigenvalue weighted by Crippen LogP contribution is -2.44. The summed E-state index contributed by atoms with van der Waals surface area (Å²) in [6.45, 7) is 7.85. The largest absolute Gasteiger partial charge is 0.388 e. The van der Waals surface area contributed by atoms with Crippen molar-refractivity contribution in [3.8, 4) is 0 Å². The third kappa shape index (κ3) is 4.84. The summed E-state index contributed by atoms with van der Waals surface area (Å²) in [5.74, 6) is 0.825. The molecule has 0 radical (unpaired) electrons. The normalized spacial score (nSPS) is 14.2. The van der Waals surface area contributed by atoms with Gasteiger partial charge in [-0.3, -0.25) is 4.79 Å². The fourth-order valence-corrected chi connectivity index (χ4v) is 1.90. The molecule has 1 aromatic heterocycles. The number of thioether (sulfide) groups is 1. The lowest BCUT2D eigenvalue weighted by Gasteiger charge is -2.27. The van der Waals surface area contributed by atoms with Gasteiger partial charge in [0.15, 0.2) is 0 Å². The number of aliphatic hydroxyl groups is 1. The van der Waals surface area contributed by atoms with Crippen molar-refractivity contribution in [3.05, 3.63) is 23.9 Å². The van der Waals surface area contributed by atoms with Crippen LogP contribution in [0.15, 0.2) is 23.4 Å². The van der Waals surface area contributed by atoms with Crippen LogP contribution in [0.25, 0.3) is 0 Å². The Labute approximate surface area is 119 Å². The van der Waals surface area contributed by atoms with E-state index in [-0.39, 0.29) is 18.4 Å². The Morgan fingerprint density at radius 2 is 2.21 bits per heavy atom. The van der Waals surface area contributed by atoms with Crippen LogP contribution in [-0.4, -0.2) is 33.9 Å². The third-order valence-corrected chi connectivity index (χ3v) is 3.97. The summed E-state index contributed by atoms with van der Waals surface area (Å²) in [4.78, 5) is 16.1. The molecule has 0 saturated carbocycles. The number of pyridine rings is 1. The van der Waals surface area contributed by atoms with E-state index in [1.54, 1.807) is 30.9 Å². The van der Waals surface area contributed by atoms with Crippen LogP contribution < -0.4 is 5.32 Å². The second-order valence-electron chi connectivity index (χ2n) is 5.01. The van der Waals surface area contributed by atoms with Gasteiger partial charge in [-0.25, -0.2) is 4.98 Å². The van der Waals surface area contributed by atoms with Gasteiger partial charge in [-0.1, -0.05) is 20.8 Å². The molecule has 0 aromatic carbocycles. The summed E-state index contributed by atoms with van der Waals surface area (Å²) in [5.41, 5.74) is -0.388. The number of carbonyl (C=O) groups excluding carboxylic acids is 1. The number of nitrogens with one attached hydrogen (secondary N) is 1. The summed E-state index contributed by atoms with van der Waals surface area (Å²) in [5, 5.41) is 13.7. The van der Waals surface area contributed by atoms with Gasteiger partial charge in [0.25, 0.3) is 5.91 Å². The maximum atomic E-state index is 11.9. The summed E-state index contributed by atoms with van der Waals surface area (Å²) in [6.07, 6.45) is 1.57. The highest BCUT2D eigenvalue weighted by atomic mass is 32.2. The van der Waals surface area contributed by atoms with Gasteiger partial charge >= 0.3 is 0 Å². The van der Waals surface area contributed by atoms with Gasteiger partial charge in [0.05, 0.1) is 16.2 Å². The van der Waals surface area contributed by atoms with Gasteiger partial charge in [0.2, 0.25) is 0 Å². The molecule has 5 heteroatoms. The van der Waals surface area contributed by atoms with E-state index in [1.807, 2.05) is 19.9 Å². The van der Waals surface area contributed by atoms with E-state index in [1.165, 1.54) is 0 Å². The highest BCUT2D eigenvalue weighted by Gasteiger charge is 2.25. The summed E-state index contributed by atoms with van der Waals surface area (Å²) in [7, 11) is 0. The Morgan fingerprint density at radius 3 is 2.68 bits per heavy atom. The molecule has 1 unspecified atom stereocenters. The third-order valence-electron chi connectivity index (χ3n) is 3.14. The van der Waals surface area contributed by atoms with Crippen molar-refractivity contribution in [2.45, 2.75) is 38.3 Å². The quantitative estimate of drug-likeness (QED) is 0.786. The smallest absolute Gasteiger partial charge is 0.252 e. The monoisotopic (exact) mass is 282 g/mol. The van der Waals surface area contributed by atoms with Crippen LogP contribution in [-0.2, 0) is 0 Å². The maximum absolute atomic E-state index is 11.9. The van der Waals surface area contributed by atoms with Crippen LogP contribution in [0, 0.1) is 5.92 Å². The molecule has 1 heterocycles. The highest BCUT2D eigenvalue weighted by molar-refractivity contribution is 7.99. The predicted octanol–water partition coefficient (Wildman–Crippen LogP) is 2.33. The first-order valence-electron chi connectivity index (χ1n) is 6.46. The summed E-state index contributed by atoms with van der Waals surface area (Å²) >= 11 is 1.63. The molecular weight excluding hydrogens is 260 g/mol. The van der Waals surface area contributed by atoms with E-state index >= 15 is 0 Å². The lowest BCUT2D eigenvalue weighted by molar-refractivity contribution is 0.0142. The van der Waals surface area contributed by atoms with Gasteiger partial charge in [-0.15, -0.1) is 11.8 Å². The van der Waals surface area contributed by atoms with E-state index in [0.29, 0.717) is 5.56 Å². The Morgan fingerprint density at radius 1 is 1.53 bits per heavy atom. The number of aromatic nitrogens is 1. The number of carbonyl (C=O) groups is 1.